The highest BCUT2D eigenvalue weighted by Gasteiger charge is 2.19. The third-order valence-corrected chi connectivity index (χ3v) is 4.16. The molecule has 2 heteroatoms. The monoisotopic (exact) mass is 257 g/mol. The molecule has 2 aliphatic rings. The van der Waals surface area contributed by atoms with Gasteiger partial charge in [-0.05, 0) is 54.5 Å². The zero-order chi connectivity index (χ0) is 13.2. The van der Waals surface area contributed by atoms with Crippen molar-refractivity contribution < 1.29 is 4.39 Å². The molecule has 1 heterocycles. The van der Waals surface area contributed by atoms with Crippen LogP contribution in [0.1, 0.15) is 29.5 Å². The molecule has 1 aliphatic heterocycles. The van der Waals surface area contributed by atoms with Gasteiger partial charge in [-0.2, -0.15) is 0 Å². The molecule has 1 nitrogen and oxygen atoms in total. The van der Waals surface area contributed by atoms with Gasteiger partial charge < -0.3 is 0 Å². The number of allylic oxidation sites excluding steroid dienone is 2. The molecule has 0 saturated heterocycles. The van der Waals surface area contributed by atoms with Gasteiger partial charge in [-0.1, -0.05) is 24.3 Å². The van der Waals surface area contributed by atoms with E-state index in [4.69, 9.17) is 0 Å². The summed E-state index contributed by atoms with van der Waals surface area (Å²) in [5.74, 6) is -0.0127. The molecule has 0 fully saturated rings. The number of fused-ring (bicyclic) bond motifs is 1. The largest absolute Gasteiger partial charge is 0.294 e. The average Bonchev–Trinajstić information content (AvgIpc) is 2.42. The van der Waals surface area contributed by atoms with E-state index >= 15 is 0 Å². The molecular formula is C17H20FN. The summed E-state index contributed by atoms with van der Waals surface area (Å²) in [6.07, 6.45) is 6.68. The fourth-order valence-electron chi connectivity index (χ4n) is 3.07. The van der Waals surface area contributed by atoms with Gasteiger partial charge in [0.25, 0.3) is 0 Å². The fraction of sp³-hybridized carbons (Fsp3) is 0.412. The second-order valence-corrected chi connectivity index (χ2v) is 5.53. The van der Waals surface area contributed by atoms with Gasteiger partial charge in [0, 0.05) is 19.6 Å². The predicted molar refractivity (Wildman–Crippen MR) is 76.7 cm³/mol. The van der Waals surface area contributed by atoms with Crippen LogP contribution in [0.15, 0.2) is 41.8 Å². The SMILES string of the molecule is Cc1cccc2c1CCN(CC1=CCCC=C1F)C2. The van der Waals surface area contributed by atoms with Gasteiger partial charge in [-0.25, -0.2) is 4.39 Å². The molecule has 0 amide bonds. The van der Waals surface area contributed by atoms with Gasteiger partial charge in [0.05, 0.1) is 0 Å². The van der Waals surface area contributed by atoms with Crippen LogP contribution in [0.5, 0.6) is 0 Å². The Morgan fingerprint density at radius 2 is 2.05 bits per heavy atom. The summed E-state index contributed by atoms with van der Waals surface area (Å²) in [6, 6.07) is 6.51. The second kappa shape index (κ2) is 5.30. The number of benzene rings is 1. The normalized spacial score (nSPS) is 19.7. The van der Waals surface area contributed by atoms with Gasteiger partial charge in [0.2, 0.25) is 0 Å². The minimum absolute atomic E-state index is 0.0127. The lowest BCUT2D eigenvalue weighted by Crippen LogP contribution is -2.32. The van der Waals surface area contributed by atoms with Crippen molar-refractivity contribution in [1.29, 1.82) is 0 Å². The highest BCUT2D eigenvalue weighted by atomic mass is 19.1. The smallest absolute Gasteiger partial charge is 0.123 e. The molecule has 1 aromatic carbocycles. The lowest BCUT2D eigenvalue weighted by atomic mass is 9.94. The van der Waals surface area contributed by atoms with Crippen LogP contribution in [0, 0.1) is 6.92 Å². The number of halogens is 1. The number of aryl methyl sites for hydroxylation is 1. The predicted octanol–water partition coefficient (Wildman–Crippen LogP) is 3.93. The second-order valence-electron chi connectivity index (χ2n) is 5.53. The standard InChI is InChI=1S/C17H20FN/c1-13-5-4-7-14-11-19(10-9-16(13)14)12-15-6-2-3-8-17(15)18/h4-8H,2-3,9-12H2,1H3. The highest BCUT2D eigenvalue weighted by molar-refractivity contribution is 5.37. The van der Waals surface area contributed by atoms with E-state index in [2.05, 4.69) is 36.1 Å². The molecule has 0 radical (unpaired) electrons. The van der Waals surface area contributed by atoms with Crippen molar-refractivity contribution in [2.24, 2.45) is 0 Å². The number of rotatable bonds is 2. The first-order valence-electron chi connectivity index (χ1n) is 7.09. The first kappa shape index (κ1) is 12.6. The maximum atomic E-state index is 13.7. The van der Waals surface area contributed by atoms with Crippen LogP contribution in [0.25, 0.3) is 0 Å². The van der Waals surface area contributed by atoms with Crippen LogP contribution in [0.4, 0.5) is 4.39 Å². The summed E-state index contributed by atoms with van der Waals surface area (Å²) in [5, 5.41) is 0. The van der Waals surface area contributed by atoms with E-state index < -0.39 is 0 Å². The molecule has 100 valence electrons. The van der Waals surface area contributed by atoms with Crippen LogP contribution in [-0.4, -0.2) is 18.0 Å². The van der Waals surface area contributed by atoms with Crippen molar-refractivity contribution in [1.82, 2.24) is 4.90 Å². The van der Waals surface area contributed by atoms with Crippen molar-refractivity contribution in [3.8, 4) is 0 Å². The maximum absolute atomic E-state index is 13.7. The molecule has 0 N–H and O–H groups in total. The molecular weight excluding hydrogens is 237 g/mol. The Labute approximate surface area is 114 Å². The minimum Gasteiger partial charge on any atom is -0.294 e. The topological polar surface area (TPSA) is 3.24 Å². The Morgan fingerprint density at radius 1 is 1.21 bits per heavy atom. The summed E-state index contributed by atoms with van der Waals surface area (Å²) >= 11 is 0. The van der Waals surface area contributed by atoms with E-state index in [0.29, 0.717) is 0 Å². The lowest BCUT2D eigenvalue weighted by Gasteiger charge is -2.30. The van der Waals surface area contributed by atoms with Crippen molar-refractivity contribution >= 4 is 0 Å². The molecule has 0 aromatic heterocycles. The zero-order valence-electron chi connectivity index (χ0n) is 11.5. The van der Waals surface area contributed by atoms with Gasteiger partial charge >= 0.3 is 0 Å². The van der Waals surface area contributed by atoms with E-state index in [1.54, 1.807) is 6.08 Å². The van der Waals surface area contributed by atoms with Gasteiger partial charge in [-0.3, -0.25) is 4.90 Å². The molecule has 0 bridgehead atoms. The number of hydrogen-bond donors (Lipinski definition) is 0. The molecule has 0 unspecified atom stereocenters. The van der Waals surface area contributed by atoms with Crippen molar-refractivity contribution in [2.75, 3.05) is 13.1 Å². The molecule has 1 aromatic rings. The third-order valence-electron chi connectivity index (χ3n) is 4.16. The first-order chi connectivity index (χ1) is 9.24. The molecule has 19 heavy (non-hydrogen) atoms. The van der Waals surface area contributed by atoms with Gasteiger partial charge in [-0.15, -0.1) is 0 Å². The molecule has 0 saturated carbocycles. The maximum Gasteiger partial charge on any atom is 0.123 e. The van der Waals surface area contributed by atoms with E-state index in [-0.39, 0.29) is 5.83 Å². The molecule has 3 rings (SSSR count). The van der Waals surface area contributed by atoms with Crippen LogP contribution >= 0.6 is 0 Å². The molecule has 0 spiro atoms. The van der Waals surface area contributed by atoms with Crippen LogP contribution < -0.4 is 0 Å². The fourth-order valence-corrected chi connectivity index (χ4v) is 3.07. The Morgan fingerprint density at radius 3 is 2.89 bits per heavy atom. The van der Waals surface area contributed by atoms with Crippen molar-refractivity contribution in [3.63, 3.8) is 0 Å². The van der Waals surface area contributed by atoms with E-state index in [1.807, 2.05) is 0 Å². The van der Waals surface area contributed by atoms with Crippen molar-refractivity contribution in [2.45, 2.75) is 32.7 Å². The summed E-state index contributed by atoms with van der Waals surface area (Å²) < 4.78 is 13.7. The molecule has 1 aliphatic carbocycles. The van der Waals surface area contributed by atoms with Gasteiger partial charge in [0.1, 0.15) is 5.83 Å². The first-order valence-corrected chi connectivity index (χ1v) is 7.09. The average molecular weight is 257 g/mol. The zero-order valence-corrected chi connectivity index (χ0v) is 11.5. The van der Waals surface area contributed by atoms with Crippen molar-refractivity contribution in [3.05, 3.63) is 58.4 Å². The van der Waals surface area contributed by atoms with Crippen LogP contribution in [-0.2, 0) is 13.0 Å². The number of hydrogen-bond acceptors (Lipinski definition) is 1. The Bertz CT molecular complexity index is 542. The minimum atomic E-state index is -0.0127. The summed E-state index contributed by atoms with van der Waals surface area (Å²) in [5.41, 5.74) is 5.17. The quantitative estimate of drug-likeness (QED) is 0.776. The summed E-state index contributed by atoms with van der Waals surface area (Å²) in [7, 11) is 0. The van der Waals surface area contributed by atoms with Gasteiger partial charge in [0.15, 0.2) is 0 Å². The third kappa shape index (κ3) is 2.64. The van der Waals surface area contributed by atoms with Crippen LogP contribution in [0.2, 0.25) is 0 Å². The summed E-state index contributed by atoms with van der Waals surface area (Å²) in [4.78, 5) is 2.35. The Kier molecular flexibility index (Phi) is 3.52. The van der Waals surface area contributed by atoms with E-state index in [0.717, 1.165) is 44.5 Å². The summed E-state index contributed by atoms with van der Waals surface area (Å²) in [6.45, 7) is 4.90. The Balaban J connectivity index is 1.73. The van der Waals surface area contributed by atoms with E-state index in [9.17, 15) is 4.39 Å². The number of nitrogens with zero attached hydrogens (tertiary/aromatic N) is 1. The molecule has 0 atom stereocenters. The van der Waals surface area contributed by atoms with Crippen LogP contribution in [0.3, 0.4) is 0 Å². The Hall–Kier alpha value is -1.41. The lowest BCUT2D eigenvalue weighted by molar-refractivity contribution is 0.273. The highest BCUT2D eigenvalue weighted by Crippen LogP contribution is 2.25. The van der Waals surface area contributed by atoms with E-state index in [1.165, 1.54) is 16.7 Å².